The maximum absolute atomic E-state index is 5.68. The Bertz CT molecular complexity index is 711. The summed E-state index contributed by atoms with van der Waals surface area (Å²) < 4.78 is 6.58. The number of nitrogens with zero attached hydrogens (tertiary/aromatic N) is 4. The van der Waals surface area contributed by atoms with Crippen LogP contribution in [0.5, 0.6) is 5.75 Å². The van der Waals surface area contributed by atoms with Crippen molar-refractivity contribution in [1.29, 1.82) is 0 Å². The van der Waals surface area contributed by atoms with E-state index in [2.05, 4.69) is 41.3 Å². The van der Waals surface area contributed by atoms with E-state index >= 15 is 0 Å². The first-order valence-electron chi connectivity index (χ1n) is 5.42. The van der Waals surface area contributed by atoms with Crippen LogP contribution in [0.4, 0.5) is 5.82 Å². The van der Waals surface area contributed by atoms with Gasteiger partial charge in [-0.25, -0.2) is 4.98 Å². The molecule has 0 aliphatic carbocycles. The number of fused-ring (bicyclic) bond motifs is 1. The van der Waals surface area contributed by atoms with Crippen molar-refractivity contribution in [3.63, 3.8) is 0 Å². The van der Waals surface area contributed by atoms with Crippen molar-refractivity contribution in [2.24, 2.45) is 0 Å². The van der Waals surface area contributed by atoms with Crippen LogP contribution >= 0.6 is 15.9 Å². The van der Waals surface area contributed by atoms with Crippen molar-refractivity contribution in [3.8, 4) is 5.75 Å². The van der Waals surface area contributed by atoms with Crippen LogP contribution in [0.3, 0.4) is 0 Å². The second-order valence-corrected chi connectivity index (χ2v) is 4.71. The topological polar surface area (TPSA) is 103 Å². The molecule has 0 spiro atoms. The summed E-state index contributed by atoms with van der Waals surface area (Å²) in [7, 11) is 0. The van der Waals surface area contributed by atoms with Crippen LogP contribution in [0.1, 0.15) is 5.69 Å². The molecule has 3 N–H and O–H groups in total. The Morgan fingerprint density at radius 1 is 1.32 bits per heavy atom. The molecule has 7 nitrogen and oxygen atoms in total. The molecule has 3 aromatic heterocycles. The lowest BCUT2D eigenvalue weighted by atomic mass is 10.3. The van der Waals surface area contributed by atoms with E-state index in [1.165, 1.54) is 0 Å². The van der Waals surface area contributed by atoms with Gasteiger partial charge in [-0.1, -0.05) is 0 Å². The fourth-order valence-corrected chi connectivity index (χ4v) is 1.81. The largest absolute Gasteiger partial charge is 0.485 e. The molecule has 96 valence electrons. The van der Waals surface area contributed by atoms with E-state index in [0.29, 0.717) is 29.3 Å². The summed E-state index contributed by atoms with van der Waals surface area (Å²) in [6, 6.07) is 5.39. The minimum absolute atomic E-state index is 0.318. The van der Waals surface area contributed by atoms with Crippen LogP contribution in [-0.4, -0.2) is 25.4 Å². The third kappa shape index (κ3) is 2.48. The van der Waals surface area contributed by atoms with E-state index in [1.54, 1.807) is 12.3 Å². The molecule has 0 aromatic carbocycles. The van der Waals surface area contributed by atoms with E-state index in [4.69, 9.17) is 10.5 Å². The molecular formula is C11H9BrN6O. The van der Waals surface area contributed by atoms with E-state index < -0.39 is 0 Å². The molecule has 3 rings (SSSR count). The molecule has 0 saturated heterocycles. The molecule has 3 heterocycles. The first-order chi connectivity index (χ1) is 9.22. The number of nitrogens with two attached hydrogens (primary N) is 1. The number of hydrogen-bond acceptors (Lipinski definition) is 6. The molecule has 19 heavy (non-hydrogen) atoms. The third-order valence-corrected chi connectivity index (χ3v) is 2.91. The first kappa shape index (κ1) is 11.8. The van der Waals surface area contributed by atoms with E-state index in [-0.39, 0.29) is 0 Å². The van der Waals surface area contributed by atoms with Crippen LogP contribution in [0.2, 0.25) is 0 Å². The number of aromatic nitrogens is 5. The molecule has 0 amide bonds. The van der Waals surface area contributed by atoms with Gasteiger partial charge in [0.05, 0.1) is 5.69 Å². The van der Waals surface area contributed by atoms with Crippen molar-refractivity contribution < 1.29 is 4.74 Å². The van der Waals surface area contributed by atoms with E-state index in [0.717, 1.165) is 10.2 Å². The van der Waals surface area contributed by atoms with Gasteiger partial charge in [-0.3, -0.25) is 4.98 Å². The number of halogens is 1. The van der Waals surface area contributed by atoms with Crippen molar-refractivity contribution in [1.82, 2.24) is 25.4 Å². The Kier molecular flexibility index (Phi) is 3.00. The summed E-state index contributed by atoms with van der Waals surface area (Å²) >= 11 is 3.33. The highest BCUT2D eigenvalue weighted by Gasteiger charge is 2.09. The lowest BCUT2D eigenvalue weighted by Gasteiger charge is -2.06. The highest BCUT2D eigenvalue weighted by atomic mass is 79.9. The van der Waals surface area contributed by atoms with Crippen LogP contribution in [-0.2, 0) is 6.61 Å². The normalized spacial score (nSPS) is 10.8. The second kappa shape index (κ2) is 4.81. The number of nitrogens with one attached hydrogen (secondary N) is 1. The number of nitrogen functional groups attached to an aromatic ring is 1. The van der Waals surface area contributed by atoms with Gasteiger partial charge in [0.2, 0.25) is 5.65 Å². The summed E-state index contributed by atoms with van der Waals surface area (Å²) in [5, 5.41) is 10.3. The van der Waals surface area contributed by atoms with Crippen molar-refractivity contribution in [3.05, 3.63) is 34.6 Å². The number of pyridine rings is 2. The van der Waals surface area contributed by atoms with Crippen LogP contribution in [0.15, 0.2) is 28.9 Å². The van der Waals surface area contributed by atoms with Crippen LogP contribution in [0.25, 0.3) is 11.2 Å². The van der Waals surface area contributed by atoms with Gasteiger partial charge in [0.1, 0.15) is 12.4 Å². The Balaban J connectivity index is 1.85. The molecule has 0 fully saturated rings. The average molecular weight is 321 g/mol. The van der Waals surface area contributed by atoms with Gasteiger partial charge in [0.25, 0.3) is 0 Å². The SMILES string of the molecule is Nc1cc(OCc2ccc(Br)cn2)c2n[nH]nc2n1. The fourth-order valence-electron chi connectivity index (χ4n) is 1.58. The molecule has 3 aromatic rings. The zero-order valence-electron chi connectivity index (χ0n) is 9.67. The van der Waals surface area contributed by atoms with Crippen molar-refractivity contribution >= 4 is 32.9 Å². The number of anilines is 1. The van der Waals surface area contributed by atoms with Gasteiger partial charge in [-0.2, -0.15) is 10.3 Å². The van der Waals surface area contributed by atoms with Gasteiger partial charge in [0.15, 0.2) is 11.3 Å². The Labute approximate surface area is 116 Å². The highest BCUT2D eigenvalue weighted by molar-refractivity contribution is 9.10. The second-order valence-electron chi connectivity index (χ2n) is 3.80. The molecule has 0 bridgehead atoms. The minimum Gasteiger partial charge on any atom is -0.485 e. The van der Waals surface area contributed by atoms with Gasteiger partial charge in [-0.15, -0.1) is 5.10 Å². The zero-order chi connectivity index (χ0) is 13.2. The van der Waals surface area contributed by atoms with E-state index in [9.17, 15) is 0 Å². The molecule has 8 heteroatoms. The summed E-state index contributed by atoms with van der Waals surface area (Å²) in [5.74, 6) is 0.862. The molecular weight excluding hydrogens is 312 g/mol. The minimum atomic E-state index is 0.318. The summed E-state index contributed by atoms with van der Waals surface area (Å²) in [5.41, 5.74) is 7.46. The molecule has 0 radical (unpaired) electrons. The summed E-state index contributed by atoms with van der Waals surface area (Å²) in [6.45, 7) is 0.318. The average Bonchev–Trinajstić information content (AvgIpc) is 2.85. The standard InChI is InChI=1S/C11H9BrN6O/c12-6-1-2-7(14-4-6)5-19-8-3-9(13)15-11-10(8)16-18-17-11/h1-4H,5H2,(H3,13,15,16,17,18). The fraction of sp³-hybridized carbons (Fsp3) is 0.0909. The lowest BCUT2D eigenvalue weighted by Crippen LogP contribution is -2.00. The van der Waals surface area contributed by atoms with Crippen LogP contribution in [0, 0.1) is 0 Å². The maximum atomic E-state index is 5.68. The number of hydrogen-bond donors (Lipinski definition) is 2. The Morgan fingerprint density at radius 3 is 3.00 bits per heavy atom. The Hall–Kier alpha value is -2.22. The quantitative estimate of drug-likeness (QED) is 0.761. The predicted octanol–water partition coefficient (Wildman–Crippen LogP) is 1.67. The third-order valence-electron chi connectivity index (χ3n) is 2.44. The number of ether oxygens (including phenoxy) is 1. The molecule has 0 saturated carbocycles. The van der Waals surface area contributed by atoms with Crippen molar-refractivity contribution in [2.75, 3.05) is 5.73 Å². The van der Waals surface area contributed by atoms with Gasteiger partial charge in [0, 0.05) is 16.7 Å². The molecule has 0 unspecified atom stereocenters. The highest BCUT2D eigenvalue weighted by Crippen LogP contribution is 2.23. The number of aromatic amines is 1. The lowest BCUT2D eigenvalue weighted by molar-refractivity contribution is 0.304. The monoisotopic (exact) mass is 320 g/mol. The molecule has 0 aliphatic rings. The predicted molar refractivity (Wildman–Crippen MR) is 72.4 cm³/mol. The van der Waals surface area contributed by atoms with Crippen LogP contribution < -0.4 is 10.5 Å². The van der Waals surface area contributed by atoms with Gasteiger partial charge in [-0.05, 0) is 28.1 Å². The Morgan fingerprint density at radius 2 is 2.21 bits per heavy atom. The molecule has 0 aliphatic heterocycles. The number of H-pyrrole nitrogens is 1. The first-order valence-corrected chi connectivity index (χ1v) is 6.22. The van der Waals surface area contributed by atoms with Gasteiger partial charge >= 0.3 is 0 Å². The summed E-state index contributed by atoms with van der Waals surface area (Å²) in [4.78, 5) is 8.25. The van der Waals surface area contributed by atoms with E-state index in [1.807, 2.05) is 12.1 Å². The summed E-state index contributed by atoms with van der Waals surface area (Å²) in [6.07, 6.45) is 1.71. The maximum Gasteiger partial charge on any atom is 0.207 e. The van der Waals surface area contributed by atoms with Crippen molar-refractivity contribution in [2.45, 2.75) is 6.61 Å². The smallest absolute Gasteiger partial charge is 0.207 e. The van der Waals surface area contributed by atoms with Gasteiger partial charge < -0.3 is 10.5 Å². The molecule has 0 atom stereocenters. The number of rotatable bonds is 3. The zero-order valence-corrected chi connectivity index (χ0v) is 11.3.